The van der Waals surface area contributed by atoms with Gasteiger partial charge in [-0.1, -0.05) is 29.5 Å². The van der Waals surface area contributed by atoms with Gasteiger partial charge >= 0.3 is 5.97 Å². The number of hydrogen-bond donors (Lipinski definition) is 1. The van der Waals surface area contributed by atoms with Crippen molar-refractivity contribution in [3.63, 3.8) is 0 Å². The third-order valence-corrected chi connectivity index (χ3v) is 3.09. The Hall–Kier alpha value is -3.22. The zero-order valence-corrected chi connectivity index (χ0v) is 11.3. The largest absolute Gasteiger partial charge is 0.478 e. The Morgan fingerprint density at radius 1 is 1.14 bits per heavy atom. The molecule has 110 valence electrons. The molecule has 22 heavy (non-hydrogen) atoms. The van der Waals surface area contributed by atoms with Gasteiger partial charge in [0, 0.05) is 0 Å². The van der Waals surface area contributed by atoms with Gasteiger partial charge in [0.2, 0.25) is 0 Å². The van der Waals surface area contributed by atoms with Crippen LogP contribution in [0.1, 0.15) is 10.4 Å². The van der Waals surface area contributed by atoms with Gasteiger partial charge in [0.1, 0.15) is 16.8 Å². The zero-order valence-electron chi connectivity index (χ0n) is 11.3. The number of para-hydroxylation sites is 1. The van der Waals surface area contributed by atoms with Crippen molar-refractivity contribution in [2.45, 2.75) is 6.73 Å². The molecule has 1 aromatic heterocycles. The lowest BCUT2D eigenvalue weighted by molar-refractivity contribution is 0.0689. The molecule has 0 spiro atoms. The lowest BCUT2D eigenvalue weighted by Gasteiger charge is -2.09. The third kappa shape index (κ3) is 2.51. The summed E-state index contributed by atoms with van der Waals surface area (Å²) in [6, 6.07) is 13.0. The molecule has 3 rings (SSSR count). The molecule has 0 fully saturated rings. The normalized spacial score (nSPS) is 10.5. The molecule has 0 aliphatic rings. The fourth-order valence-electron chi connectivity index (χ4n) is 2.01. The van der Waals surface area contributed by atoms with Crippen molar-refractivity contribution in [2.24, 2.45) is 0 Å². The van der Waals surface area contributed by atoms with Crippen LogP contribution in [0.15, 0.2) is 53.3 Å². The van der Waals surface area contributed by atoms with E-state index in [1.54, 1.807) is 36.4 Å². The second-order valence-electron chi connectivity index (χ2n) is 4.49. The summed E-state index contributed by atoms with van der Waals surface area (Å²) in [5, 5.41) is 17.2. The predicted octanol–water partition coefficient (Wildman–Crippen LogP) is 1.53. The van der Waals surface area contributed by atoms with E-state index >= 15 is 0 Å². The summed E-state index contributed by atoms with van der Waals surface area (Å²) in [6.07, 6.45) is 0. The molecule has 7 nitrogen and oxygen atoms in total. The molecule has 7 heteroatoms. The second kappa shape index (κ2) is 5.65. The van der Waals surface area contributed by atoms with Crippen molar-refractivity contribution >= 4 is 16.9 Å². The van der Waals surface area contributed by atoms with Crippen molar-refractivity contribution < 1.29 is 14.6 Å². The molecule has 1 heterocycles. The lowest BCUT2D eigenvalue weighted by Crippen LogP contribution is -2.26. The van der Waals surface area contributed by atoms with Crippen LogP contribution in [0.25, 0.3) is 10.9 Å². The highest BCUT2D eigenvalue weighted by atomic mass is 16.5. The molecule has 2 aromatic carbocycles. The molecule has 0 bridgehead atoms. The van der Waals surface area contributed by atoms with Crippen LogP contribution in [0, 0.1) is 0 Å². The van der Waals surface area contributed by atoms with Crippen molar-refractivity contribution in [3.8, 4) is 5.75 Å². The minimum atomic E-state index is -1.10. The maximum Gasteiger partial charge on any atom is 0.339 e. The van der Waals surface area contributed by atoms with E-state index in [4.69, 9.17) is 9.84 Å². The molecule has 1 N–H and O–H groups in total. The summed E-state index contributed by atoms with van der Waals surface area (Å²) in [5.74, 6) is -0.940. The first kappa shape index (κ1) is 13.7. The predicted molar refractivity (Wildman–Crippen MR) is 77.8 cm³/mol. The van der Waals surface area contributed by atoms with Crippen molar-refractivity contribution in [1.29, 1.82) is 0 Å². The van der Waals surface area contributed by atoms with E-state index < -0.39 is 5.97 Å². The molecule has 0 amide bonds. The minimum Gasteiger partial charge on any atom is -0.478 e. The Balaban J connectivity index is 1.91. The van der Waals surface area contributed by atoms with E-state index in [-0.39, 0.29) is 23.6 Å². The maximum absolute atomic E-state index is 12.2. The van der Waals surface area contributed by atoms with Gasteiger partial charge in [-0.3, -0.25) is 4.79 Å². The van der Waals surface area contributed by atoms with Crippen LogP contribution in [0.3, 0.4) is 0 Å². The minimum absolute atomic E-state index is 0.0179. The van der Waals surface area contributed by atoms with Gasteiger partial charge in [0.05, 0.1) is 5.39 Å². The summed E-state index contributed by atoms with van der Waals surface area (Å²) in [7, 11) is 0. The standard InChI is InChI=1S/C15H11N3O4/c19-14-10-5-1-3-7-12(10)16-17-18(14)9-22-13-8-4-2-6-11(13)15(20)21/h1-8H,9H2,(H,20,21). The van der Waals surface area contributed by atoms with Crippen LogP contribution in [-0.4, -0.2) is 26.1 Å². The maximum atomic E-state index is 12.2. The Kier molecular flexibility index (Phi) is 3.53. The van der Waals surface area contributed by atoms with E-state index in [1.165, 1.54) is 12.1 Å². The zero-order chi connectivity index (χ0) is 15.5. The van der Waals surface area contributed by atoms with Gasteiger partial charge in [-0.2, -0.15) is 4.68 Å². The summed E-state index contributed by atoms with van der Waals surface area (Å²) >= 11 is 0. The molecule has 0 atom stereocenters. The van der Waals surface area contributed by atoms with E-state index in [1.807, 2.05) is 0 Å². The summed E-state index contributed by atoms with van der Waals surface area (Å²) in [6.45, 7) is -0.221. The van der Waals surface area contributed by atoms with Gasteiger partial charge in [-0.15, -0.1) is 5.10 Å². The molecule has 0 radical (unpaired) electrons. The molecule has 0 unspecified atom stereocenters. The number of aromatic carboxylic acids is 1. The Morgan fingerprint density at radius 2 is 1.86 bits per heavy atom. The first-order valence-electron chi connectivity index (χ1n) is 6.44. The number of nitrogens with zero attached hydrogens (tertiary/aromatic N) is 3. The summed E-state index contributed by atoms with van der Waals surface area (Å²) in [5.41, 5.74) is 0.164. The molecular formula is C15H11N3O4. The number of carboxylic acid groups (broad SMARTS) is 1. The Labute approximate surface area is 124 Å². The number of hydrogen-bond acceptors (Lipinski definition) is 5. The van der Waals surface area contributed by atoms with Gasteiger partial charge in [0.15, 0.2) is 6.73 Å². The number of ether oxygens (including phenoxy) is 1. The fraction of sp³-hybridized carbons (Fsp3) is 0.0667. The topological polar surface area (TPSA) is 94.3 Å². The fourth-order valence-corrected chi connectivity index (χ4v) is 2.01. The van der Waals surface area contributed by atoms with Crippen LogP contribution < -0.4 is 10.3 Å². The van der Waals surface area contributed by atoms with Gasteiger partial charge < -0.3 is 9.84 Å². The summed E-state index contributed by atoms with van der Waals surface area (Å²) in [4.78, 5) is 23.3. The lowest BCUT2D eigenvalue weighted by atomic mass is 10.2. The molecule has 0 saturated carbocycles. The van der Waals surface area contributed by atoms with E-state index in [2.05, 4.69) is 10.3 Å². The van der Waals surface area contributed by atoms with Gasteiger partial charge in [-0.25, -0.2) is 4.79 Å². The molecule has 0 aliphatic carbocycles. The van der Waals surface area contributed by atoms with E-state index in [9.17, 15) is 9.59 Å². The monoisotopic (exact) mass is 297 g/mol. The first-order valence-corrected chi connectivity index (χ1v) is 6.44. The van der Waals surface area contributed by atoms with E-state index in [0.29, 0.717) is 10.9 Å². The van der Waals surface area contributed by atoms with E-state index in [0.717, 1.165) is 4.68 Å². The van der Waals surface area contributed by atoms with Crippen LogP contribution in [-0.2, 0) is 6.73 Å². The average molecular weight is 297 g/mol. The third-order valence-electron chi connectivity index (χ3n) is 3.09. The smallest absolute Gasteiger partial charge is 0.339 e. The SMILES string of the molecule is O=C(O)c1ccccc1OCn1nnc2ccccc2c1=O. The average Bonchev–Trinajstić information content (AvgIpc) is 2.55. The Bertz CT molecular complexity index is 904. The molecule has 0 aliphatic heterocycles. The quantitative estimate of drug-likeness (QED) is 0.784. The van der Waals surface area contributed by atoms with Gasteiger partial charge in [-0.05, 0) is 24.3 Å². The van der Waals surface area contributed by atoms with Crippen LogP contribution in [0.5, 0.6) is 5.75 Å². The highest BCUT2D eigenvalue weighted by Gasteiger charge is 2.11. The highest BCUT2D eigenvalue weighted by molar-refractivity contribution is 5.90. The number of fused-ring (bicyclic) bond motifs is 1. The Morgan fingerprint density at radius 3 is 2.68 bits per heavy atom. The number of rotatable bonds is 4. The number of carboxylic acids is 1. The molecule has 3 aromatic rings. The molecular weight excluding hydrogens is 286 g/mol. The number of carbonyl (C=O) groups is 1. The van der Waals surface area contributed by atoms with Gasteiger partial charge in [0.25, 0.3) is 5.56 Å². The van der Waals surface area contributed by atoms with Crippen molar-refractivity contribution in [3.05, 3.63) is 64.4 Å². The summed E-state index contributed by atoms with van der Waals surface area (Å²) < 4.78 is 6.44. The number of aromatic nitrogens is 3. The van der Waals surface area contributed by atoms with Crippen LogP contribution in [0.4, 0.5) is 0 Å². The van der Waals surface area contributed by atoms with Crippen molar-refractivity contribution in [2.75, 3.05) is 0 Å². The second-order valence-corrected chi connectivity index (χ2v) is 4.49. The van der Waals surface area contributed by atoms with Crippen LogP contribution >= 0.6 is 0 Å². The van der Waals surface area contributed by atoms with Crippen LogP contribution in [0.2, 0.25) is 0 Å². The first-order chi connectivity index (χ1) is 10.7. The van der Waals surface area contributed by atoms with Crippen molar-refractivity contribution in [1.82, 2.24) is 15.0 Å². The highest BCUT2D eigenvalue weighted by Crippen LogP contribution is 2.17. The number of benzene rings is 2. The molecule has 0 saturated heterocycles.